The van der Waals surface area contributed by atoms with Crippen molar-refractivity contribution in [2.45, 2.75) is 20.0 Å². The Hall–Kier alpha value is -2.48. The minimum absolute atomic E-state index is 0.0181. The average Bonchev–Trinajstić information content (AvgIpc) is 2.52. The molecule has 0 aliphatic heterocycles. The molecule has 0 aliphatic rings. The molecule has 0 spiro atoms. The van der Waals surface area contributed by atoms with Crippen molar-refractivity contribution in [1.29, 1.82) is 0 Å². The molecule has 0 fully saturated rings. The molecule has 0 saturated heterocycles. The smallest absolute Gasteiger partial charge is 0.269 e. The zero-order valence-electron chi connectivity index (χ0n) is 12.5. The largest absolute Gasteiger partial charge is 0.433 e. The molecule has 0 bridgehead atoms. The minimum Gasteiger partial charge on any atom is -0.269 e. The van der Waals surface area contributed by atoms with E-state index in [0.29, 0.717) is 11.3 Å². The maximum atomic E-state index is 12.6. The number of pyridine rings is 1. The Morgan fingerprint density at radius 2 is 1.88 bits per heavy atom. The summed E-state index contributed by atoms with van der Waals surface area (Å²) in [5.41, 5.74) is 0.283. The first-order chi connectivity index (χ1) is 11.2. The molecule has 0 saturated carbocycles. The van der Waals surface area contributed by atoms with Crippen LogP contribution >= 0.6 is 11.6 Å². The number of aryl methyl sites for hydroxylation is 1. The molecule has 0 aliphatic carbocycles. The summed E-state index contributed by atoms with van der Waals surface area (Å²) in [4.78, 5) is 24.2. The van der Waals surface area contributed by atoms with E-state index in [1.807, 2.05) is 0 Å². The van der Waals surface area contributed by atoms with Crippen LogP contribution in [0.3, 0.4) is 0 Å². The molecular weight excluding hydrogens is 345 g/mol. The zero-order chi connectivity index (χ0) is 17.6. The van der Waals surface area contributed by atoms with Crippen LogP contribution in [0.4, 0.5) is 13.2 Å². The molecule has 0 unspecified atom stereocenters. The molecule has 3 aromatic rings. The molecule has 5 nitrogen and oxygen atoms in total. The van der Waals surface area contributed by atoms with Crippen molar-refractivity contribution in [3.05, 3.63) is 57.0 Å². The Morgan fingerprint density at radius 3 is 2.46 bits per heavy atom. The third kappa shape index (κ3) is 2.73. The Labute approximate surface area is 138 Å². The number of rotatable bonds is 1. The van der Waals surface area contributed by atoms with Gasteiger partial charge in [0.2, 0.25) is 0 Å². The van der Waals surface area contributed by atoms with Crippen LogP contribution in [0.25, 0.3) is 16.9 Å². The van der Waals surface area contributed by atoms with Crippen LogP contribution in [0, 0.1) is 13.8 Å². The lowest BCUT2D eigenvalue weighted by Gasteiger charge is -2.10. The lowest BCUT2D eigenvalue weighted by molar-refractivity contribution is -0.141. The summed E-state index contributed by atoms with van der Waals surface area (Å²) in [6, 6.07) is 2.06. The molecule has 9 heteroatoms. The van der Waals surface area contributed by atoms with Crippen LogP contribution in [-0.2, 0) is 6.18 Å². The van der Waals surface area contributed by atoms with Gasteiger partial charge >= 0.3 is 6.18 Å². The molecule has 0 radical (unpaired) electrons. The van der Waals surface area contributed by atoms with E-state index < -0.39 is 11.9 Å². The second-order valence-electron chi connectivity index (χ2n) is 5.16. The summed E-state index contributed by atoms with van der Waals surface area (Å²) in [6.45, 7) is 3.30. The maximum Gasteiger partial charge on any atom is 0.433 e. The van der Waals surface area contributed by atoms with Gasteiger partial charge in [-0.05, 0) is 26.0 Å². The van der Waals surface area contributed by atoms with E-state index in [4.69, 9.17) is 11.6 Å². The van der Waals surface area contributed by atoms with Gasteiger partial charge in [-0.2, -0.15) is 13.2 Å². The number of halogens is 4. The van der Waals surface area contributed by atoms with Crippen LogP contribution in [0.5, 0.6) is 0 Å². The number of aromatic nitrogens is 4. The summed E-state index contributed by atoms with van der Waals surface area (Å²) in [6.07, 6.45) is -2.19. The van der Waals surface area contributed by atoms with Crippen molar-refractivity contribution in [2.24, 2.45) is 0 Å². The quantitative estimate of drug-likeness (QED) is 0.671. The van der Waals surface area contributed by atoms with E-state index in [2.05, 4.69) is 15.0 Å². The van der Waals surface area contributed by atoms with Gasteiger partial charge in [0.25, 0.3) is 5.56 Å². The van der Waals surface area contributed by atoms with Gasteiger partial charge in [-0.3, -0.25) is 14.2 Å². The highest BCUT2D eigenvalue weighted by Crippen LogP contribution is 2.29. The highest BCUT2D eigenvalue weighted by atomic mass is 35.5. The molecule has 0 amide bonds. The van der Waals surface area contributed by atoms with Gasteiger partial charge in [0.15, 0.2) is 5.65 Å². The Bertz CT molecular complexity index is 997. The summed E-state index contributed by atoms with van der Waals surface area (Å²) in [7, 11) is 0. The van der Waals surface area contributed by atoms with Crippen molar-refractivity contribution in [2.75, 3.05) is 0 Å². The zero-order valence-corrected chi connectivity index (χ0v) is 13.3. The lowest BCUT2D eigenvalue weighted by atomic mass is 10.2. The van der Waals surface area contributed by atoms with Gasteiger partial charge in [-0.15, -0.1) is 0 Å². The number of fused-ring (bicyclic) bond motifs is 1. The highest BCUT2D eigenvalue weighted by molar-refractivity contribution is 6.29. The first-order valence-electron chi connectivity index (χ1n) is 6.78. The van der Waals surface area contributed by atoms with Crippen LogP contribution in [0.15, 0.2) is 29.3 Å². The molecule has 124 valence electrons. The molecule has 3 heterocycles. The van der Waals surface area contributed by atoms with Crippen LogP contribution in [0.2, 0.25) is 5.15 Å². The average molecular weight is 355 g/mol. The predicted molar refractivity (Wildman–Crippen MR) is 82.0 cm³/mol. The van der Waals surface area contributed by atoms with Crippen molar-refractivity contribution < 1.29 is 13.2 Å². The summed E-state index contributed by atoms with van der Waals surface area (Å²) in [5.74, 6) is 0. The van der Waals surface area contributed by atoms with E-state index in [1.165, 1.54) is 16.7 Å². The predicted octanol–water partition coefficient (Wildman–Crippen LogP) is 3.44. The van der Waals surface area contributed by atoms with Crippen LogP contribution in [0.1, 0.15) is 17.0 Å². The number of hydrogen-bond donors (Lipinski definition) is 0. The van der Waals surface area contributed by atoms with E-state index >= 15 is 0 Å². The highest BCUT2D eigenvalue weighted by Gasteiger charge is 2.32. The Balaban J connectivity index is 2.28. The Kier molecular flexibility index (Phi) is 3.79. The Morgan fingerprint density at radius 1 is 1.17 bits per heavy atom. The third-order valence-corrected chi connectivity index (χ3v) is 3.76. The van der Waals surface area contributed by atoms with Crippen LogP contribution in [-0.4, -0.2) is 19.4 Å². The lowest BCUT2D eigenvalue weighted by Crippen LogP contribution is -2.20. The number of hydrogen-bond acceptors (Lipinski definition) is 4. The molecular formula is C15H10ClF3N4O. The fraction of sp³-hybridized carbons (Fsp3) is 0.200. The standard InChI is InChI=1S/C15H10ClF3N4O/c1-7-8(2)21-13-12(22-11(16)6-23(13)14(7)24)9-3-4-10(20-5-9)15(17,18)19/h3-6H,1-2H3. The van der Waals surface area contributed by atoms with Crippen LogP contribution < -0.4 is 5.56 Å². The van der Waals surface area contributed by atoms with E-state index in [9.17, 15) is 18.0 Å². The topological polar surface area (TPSA) is 60.1 Å². The van der Waals surface area contributed by atoms with Crippen molar-refractivity contribution in [3.63, 3.8) is 0 Å². The second kappa shape index (κ2) is 5.55. The molecule has 0 N–H and O–H groups in total. The van der Waals surface area contributed by atoms with Gasteiger partial charge in [0, 0.05) is 23.0 Å². The summed E-state index contributed by atoms with van der Waals surface area (Å²) < 4.78 is 39.1. The fourth-order valence-corrected chi connectivity index (χ4v) is 2.38. The SMILES string of the molecule is Cc1nc2c(-c3ccc(C(F)(F)F)nc3)nc(Cl)cn2c(=O)c1C. The van der Waals surface area contributed by atoms with Gasteiger partial charge in [-0.1, -0.05) is 11.6 Å². The van der Waals surface area contributed by atoms with Gasteiger partial charge in [-0.25, -0.2) is 9.97 Å². The minimum atomic E-state index is -4.54. The number of alkyl halides is 3. The normalized spacial score (nSPS) is 11.9. The molecule has 0 atom stereocenters. The first-order valence-corrected chi connectivity index (χ1v) is 7.16. The second-order valence-corrected chi connectivity index (χ2v) is 5.55. The van der Waals surface area contributed by atoms with E-state index in [0.717, 1.165) is 12.3 Å². The fourth-order valence-electron chi connectivity index (χ4n) is 2.20. The van der Waals surface area contributed by atoms with Gasteiger partial charge in [0.1, 0.15) is 16.5 Å². The van der Waals surface area contributed by atoms with E-state index in [1.54, 1.807) is 13.8 Å². The maximum absolute atomic E-state index is 12.6. The number of nitrogens with zero attached hydrogens (tertiary/aromatic N) is 4. The van der Waals surface area contributed by atoms with E-state index in [-0.39, 0.29) is 27.6 Å². The molecule has 24 heavy (non-hydrogen) atoms. The summed E-state index contributed by atoms with van der Waals surface area (Å²) in [5, 5.41) is 0.0181. The molecule has 3 rings (SSSR count). The molecule has 3 aromatic heterocycles. The van der Waals surface area contributed by atoms with Gasteiger partial charge in [0.05, 0.1) is 6.20 Å². The van der Waals surface area contributed by atoms with Gasteiger partial charge < -0.3 is 0 Å². The van der Waals surface area contributed by atoms with Crippen molar-refractivity contribution in [1.82, 2.24) is 19.4 Å². The first kappa shape index (κ1) is 16.4. The molecule has 0 aromatic carbocycles. The van der Waals surface area contributed by atoms with Crippen molar-refractivity contribution >= 4 is 17.2 Å². The van der Waals surface area contributed by atoms with Crippen molar-refractivity contribution in [3.8, 4) is 11.3 Å². The summed E-state index contributed by atoms with van der Waals surface area (Å²) >= 11 is 5.94. The monoisotopic (exact) mass is 354 g/mol. The third-order valence-electron chi connectivity index (χ3n) is 3.58.